The monoisotopic (exact) mass is 406 g/mol. The molecule has 0 bridgehead atoms. The molecule has 0 radical (unpaired) electrons. The van der Waals surface area contributed by atoms with Gasteiger partial charge in [-0.1, -0.05) is 18.2 Å². The standard InChI is InChI=1S/C14H18N2O6S3/c17-23(18)6-11-13(8-23)16(14-9-24(19,20)7-12(14)15-11)25(21,22)10-4-2-1-3-5-10/h1-5,11-15H,6-9H2/t11-,12+,13-,14-/m0/s1. The zero-order chi connectivity index (χ0) is 18.0. The zero-order valence-electron chi connectivity index (χ0n) is 13.1. The molecule has 11 heteroatoms. The maximum Gasteiger partial charge on any atom is 0.243 e. The third-order valence-electron chi connectivity index (χ3n) is 5.05. The van der Waals surface area contributed by atoms with Gasteiger partial charge in [-0.25, -0.2) is 25.3 Å². The topological polar surface area (TPSA) is 118 Å². The van der Waals surface area contributed by atoms with Crippen LogP contribution in [0.15, 0.2) is 35.2 Å². The van der Waals surface area contributed by atoms with Crippen molar-refractivity contribution in [2.75, 3.05) is 23.0 Å². The SMILES string of the molecule is O=S1(=O)C[C@@H]2N[C@@H]3CS(=O)(=O)C[C@@H]3N(S(=O)(=O)c3ccccc3)[C@H]2C1. The van der Waals surface area contributed by atoms with E-state index < -0.39 is 53.9 Å². The van der Waals surface area contributed by atoms with Gasteiger partial charge < -0.3 is 5.32 Å². The molecule has 1 aromatic rings. The molecule has 4 atom stereocenters. The summed E-state index contributed by atoms with van der Waals surface area (Å²) in [6, 6.07) is 4.98. The van der Waals surface area contributed by atoms with Crippen LogP contribution in [-0.4, -0.2) is 76.7 Å². The molecular weight excluding hydrogens is 388 g/mol. The van der Waals surface area contributed by atoms with Crippen molar-refractivity contribution in [2.24, 2.45) is 0 Å². The smallest absolute Gasteiger partial charge is 0.243 e. The van der Waals surface area contributed by atoms with E-state index >= 15 is 0 Å². The van der Waals surface area contributed by atoms with Crippen molar-refractivity contribution in [2.45, 2.75) is 29.1 Å². The molecule has 0 aromatic heterocycles. The number of rotatable bonds is 2. The summed E-state index contributed by atoms with van der Waals surface area (Å²) in [5, 5.41) is 3.08. The van der Waals surface area contributed by atoms with E-state index in [1.54, 1.807) is 18.2 Å². The number of nitrogens with one attached hydrogen (secondary N) is 1. The van der Waals surface area contributed by atoms with Crippen LogP contribution in [-0.2, 0) is 29.7 Å². The van der Waals surface area contributed by atoms with Crippen LogP contribution in [0, 0.1) is 0 Å². The fourth-order valence-corrected chi connectivity index (χ4v) is 9.99. The molecule has 3 aliphatic rings. The highest BCUT2D eigenvalue weighted by atomic mass is 32.2. The van der Waals surface area contributed by atoms with Gasteiger partial charge in [0.05, 0.1) is 40.0 Å². The Labute approximate surface area is 147 Å². The van der Waals surface area contributed by atoms with Gasteiger partial charge >= 0.3 is 0 Å². The summed E-state index contributed by atoms with van der Waals surface area (Å²) in [6.07, 6.45) is 0. The van der Waals surface area contributed by atoms with Crippen LogP contribution in [0.3, 0.4) is 0 Å². The van der Waals surface area contributed by atoms with Gasteiger partial charge in [0.25, 0.3) is 0 Å². The summed E-state index contributed by atoms with van der Waals surface area (Å²) >= 11 is 0. The minimum absolute atomic E-state index is 0.0444. The molecule has 3 fully saturated rings. The largest absolute Gasteiger partial charge is 0.306 e. The highest BCUT2D eigenvalue weighted by Gasteiger charge is 2.57. The lowest BCUT2D eigenvalue weighted by Crippen LogP contribution is -2.67. The normalized spacial score (nSPS) is 36.6. The Hall–Kier alpha value is -1.01. The van der Waals surface area contributed by atoms with E-state index in [1.165, 1.54) is 12.1 Å². The van der Waals surface area contributed by atoms with Crippen molar-refractivity contribution < 1.29 is 25.3 Å². The molecule has 0 spiro atoms. The second-order valence-electron chi connectivity index (χ2n) is 6.82. The lowest BCUT2D eigenvalue weighted by molar-refractivity contribution is 0.160. The van der Waals surface area contributed by atoms with Crippen molar-refractivity contribution in [1.29, 1.82) is 0 Å². The zero-order valence-corrected chi connectivity index (χ0v) is 15.6. The highest BCUT2D eigenvalue weighted by Crippen LogP contribution is 2.35. The Bertz CT molecular complexity index is 956. The Morgan fingerprint density at radius 3 is 1.80 bits per heavy atom. The number of sulfone groups is 2. The number of hydrogen-bond acceptors (Lipinski definition) is 7. The third kappa shape index (κ3) is 2.91. The number of nitrogens with zero attached hydrogens (tertiary/aromatic N) is 1. The van der Waals surface area contributed by atoms with Crippen LogP contribution in [0.2, 0.25) is 0 Å². The van der Waals surface area contributed by atoms with Crippen molar-refractivity contribution in [1.82, 2.24) is 9.62 Å². The molecule has 0 amide bonds. The predicted octanol–water partition coefficient (Wildman–Crippen LogP) is -1.39. The van der Waals surface area contributed by atoms with Gasteiger partial charge in [-0.2, -0.15) is 4.31 Å². The summed E-state index contributed by atoms with van der Waals surface area (Å²) in [6.45, 7) is 0. The fourth-order valence-electron chi connectivity index (χ4n) is 4.07. The quantitative estimate of drug-likeness (QED) is 0.643. The maximum atomic E-state index is 13.2. The Morgan fingerprint density at radius 2 is 1.32 bits per heavy atom. The first kappa shape index (κ1) is 17.4. The molecule has 138 valence electrons. The first-order valence-electron chi connectivity index (χ1n) is 7.85. The Morgan fingerprint density at radius 1 is 0.840 bits per heavy atom. The summed E-state index contributed by atoms with van der Waals surface area (Å²) in [5.74, 6) is -0.941. The Kier molecular flexibility index (Phi) is 3.82. The van der Waals surface area contributed by atoms with E-state index in [1.807, 2.05) is 0 Å². The molecule has 0 aliphatic carbocycles. The maximum absolute atomic E-state index is 13.2. The summed E-state index contributed by atoms with van der Waals surface area (Å²) < 4.78 is 75.9. The molecule has 25 heavy (non-hydrogen) atoms. The minimum atomic E-state index is -4.01. The number of hydrogen-bond donors (Lipinski definition) is 1. The average molecular weight is 407 g/mol. The molecule has 3 saturated heterocycles. The van der Waals surface area contributed by atoms with E-state index in [2.05, 4.69) is 5.32 Å². The van der Waals surface area contributed by atoms with Gasteiger partial charge in [0.15, 0.2) is 19.7 Å². The van der Waals surface area contributed by atoms with Crippen LogP contribution in [0.1, 0.15) is 0 Å². The Balaban J connectivity index is 1.84. The van der Waals surface area contributed by atoms with Gasteiger partial charge in [0.1, 0.15) is 0 Å². The van der Waals surface area contributed by atoms with Gasteiger partial charge in [-0.05, 0) is 12.1 Å². The predicted molar refractivity (Wildman–Crippen MR) is 91.1 cm³/mol. The van der Waals surface area contributed by atoms with E-state index in [0.717, 1.165) is 4.31 Å². The molecule has 0 unspecified atom stereocenters. The van der Waals surface area contributed by atoms with E-state index in [-0.39, 0.29) is 27.9 Å². The second kappa shape index (κ2) is 5.49. The minimum Gasteiger partial charge on any atom is -0.306 e. The number of piperazine rings is 1. The number of sulfonamides is 1. The van der Waals surface area contributed by atoms with E-state index in [0.29, 0.717) is 0 Å². The van der Waals surface area contributed by atoms with Crippen LogP contribution >= 0.6 is 0 Å². The molecule has 1 aromatic carbocycles. The molecule has 4 rings (SSSR count). The van der Waals surface area contributed by atoms with Crippen LogP contribution in [0.25, 0.3) is 0 Å². The number of fused-ring (bicyclic) bond motifs is 2. The van der Waals surface area contributed by atoms with Crippen LogP contribution in [0.4, 0.5) is 0 Å². The number of benzene rings is 1. The lowest BCUT2D eigenvalue weighted by atomic mass is 10.0. The van der Waals surface area contributed by atoms with Crippen molar-refractivity contribution >= 4 is 29.7 Å². The van der Waals surface area contributed by atoms with Crippen LogP contribution in [0.5, 0.6) is 0 Å². The van der Waals surface area contributed by atoms with Gasteiger partial charge in [-0.15, -0.1) is 0 Å². The molecule has 0 saturated carbocycles. The lowest BCUT2D eigenvalue weighted by Gasteiger charge is -2.43. The van der Waals surface area contributed by atoms with Crippen LogP contribution < -0.4 is 5.32 Å². The van der Waals surface area contributed by atoms with Gasteiger partial charge in [-0.3, -0.25) is 0 Å². The molecular formula is C14H18N2O6S3. The van der Waals surface area contributed by atoms with Gasteiger partial charge in [0, 0.05) is 12.1 Å². The average Bonchev–Trinajstić information content (AvgIpc) is 2.97. The third-order valence-corrected chi connectivity index (χ3v) is 10.4. The van der Waals surface area contributed by atoms with Crippen molar-refractivity contribution in [3.8, 4) is 0 Å². The summed E-state index contributed by atoms with van der Waals surface area (Å²) in [7, 11) is -10.8. The fraction of sp³-hybridized carbons (Fsp3) is 0.571. The molecule has 3 aliphatic heterocycles. The summed E-state index contributed by atoms with van der Waals surface area (Å²) in [5.41, 5.74) is 0. The molecule has 8 nitrogen and oxygen atoms in total. The second-order valence-corrected chi connectivity index (χ2v) is 13.0. The van der Waals surface area contributed by atoms with E-state index in [9.17, 15) is 25.3 Å². The first-order valence-corrected chi connectivity index (χ1v) is 12.9. The van der Waals surface area contributed by atoms with Crippen molar-refractivity contribution in [3.63, 3.8) is 0 Å². The molecule has 1 N–H and O–H groups in total. The van der Waals surface area contributed by atoms with E-state index in [4.69, 9.17) is 0 Å². The summed E-state index contributed by atoms with van der Waals surface area (Å²) in [4.78, 5) is 0.0444. The molecule has 3 heterocycles. The first-order chi connectivity index (χ1) is 11.6. The highest BCUT2D eigenvalue weighted by molar-refractivity contribution is 7.92. The van der Waals surface area contributed by atoms with Crippen molar-refractivity contribution in [3.05, 3.63) is 30.3 Å². The van der Waals surface area contributed by atoms with Gasteiger partial charge in [0.2, 0.25) is 10.0 Å².